The quantitative estimate of drug-likeness (QED) is 0.552. The molecule has 31 heavy (non-hydrogen) atoms. The molecule has 0 radical (unpaired) electrons. The van der Waals surface area contributed by atoms with Crippen LogP contribution < -0.4 is 16.4 Å². The van der Waals surface area contributed by atoms with E-state index >= 15 is 0 Å². The van der Waals surface area contributed by atoms with Crippen molar-refractivity contribution in [2.24, 2.45) is 5.73 Å². The number of nitrogens with one attached hydrogen (secondary N) is 2. The van der Waals surface area contributed by atoms with Crippen LogP contribution in [0.3, 0.4) is 0 Å². The van der Waals surface area contributed by atoms with E-state index in [1.54, 1.807) is 25.7 Å². The molecule has 4 N–H and O–H groups in total. The van der Waals surface area contributed by atoms with Gasteiger partial charge in [-0.1, -0.05) is 30.3 Å². The number of benzene rings is 1. The number of nitrogens with zero attached hydrogens (tertiary/aromatic N) is 1. The van der Waals surface area contributed by atoms with Crippen LogP contribution in [0.5, 0.6) is 0 Å². The number of alkyl carbamates (subject to hydrolysis) is 1. The Balaban J connectivity index is 2.07. The van der Waals surface area contributed by atoms with Crippen LogP contribution in [0, 0.1) is 0 Å². The molecule has 1 aromatic carbocycles. The summed E-state index contributed by atoms with van der Waals surface area (Å²) in [5, 5.41) is 5.66. The Morgan fingerprint density at radius 2 is 1.94 bits per heavy atom. The summed E-state index contributed by atoms with van der Waals surface area (Å²) < 4.78 is 5.37. The van der Waals surface area contributed by atoms with Gasteiger partial charge in [0.2, 0.25) is 11.8 Å². The van der Waals surface area contributed by atoms with Crippen molar-refractivity contribution in [1.82, 2.24) is 15.5 Å². The maximum atomic E-state index is 13.4. The van der Waals surface area contributed by atoms with Gasteiger partial charge in [-0.3, -0.25) is 9.59 Å². The van der Waals surface area contributed by atoms with Crippen LogP contribution in [0.4, 0.5) is 4.79 Å². The second kappa shape index (κ2) is 11.7. The van der Waals surface area contributed by atoms with Crippen molar-refractivity contribution >= 4 is 17.9 Å². The van der Waals surface area contributed by atoms with Gasteiger partial charge in [0.05, 0.1) is 0 Å². The average Bonchev–Trinajstić information content (AvgIpc) is 3.17. The van der Waals surface area contributed by atoms with E-state index in [1.807, 2.05) is 30.3 Å². The van der Waals surface area contributed by atoms with E-state index in [2.05, 4.69) is 10.6 Å². The predicted molar refractivity (Wildman–Crippen MR) is 119 cm³/mol. The van der Waals surface area contributed by atoms with Crippen LogP contribution in [0.2, 0.25) is 0 Å². The minimum atomic E-state index is -0.745. The molecule has 8 nitrogen and oxygen atoms in total. The molecule has 1 saturated heterocycles. The topological polar surface area (TPSA) is 114 Å². The molecule has 2 unspecified atom stereocenters. The molecular formula is C23H36N4O4. The third-order valence-electron chi connectivity index (χ3n) is 5.07. The molecule has 8 heteroatoms. The normalized spacial score (nSPS) is 17.2. The summed E-state index contributed by atoms with van der Waals surface area (Å²) in [6.07, 6.45) is 2.44. The number of nitrogens with two attached hydrogens (primary N) is 1. The van der Waals surface area contributed by atoms with Gasteiger partial charge in [-0.2, -0.15) is 0 Å². The summed E-state index contributed by atoms with van der Waals surface area (Å²) in [5.74, 6) is -0.217. The minimum Gasteiger partial charge on any atom is -0.444 e. The first-order chi connectivity index (χ1) is 14.7. The number of amides is 3. The highest BCUT2D eigenvalue weighted by molar-refractivity contribution is 5.86. The highest BCUT2D eigenvalue weighted by Crippen LogP contribution is 2.19. The van der Waals surface area contributed by atoms with E-state index in [9.17, 15) is 14.4 Å². The van der Waals surface area contributed by atoms with Crippen LogP contribution in [0.15, 0.2) is 30.3 Å². The summed E-state index contributed by atoms with van der Waals surface area (Å²) in [5.41, 5.74) is 5.74. The third-order valence-corrected chi connectivity index (χ3v) is 5.07. The van der Waals surface area contributed by atoms with E-state index in [1.165, 1.54) is 0 Å². The van der Waals surface area contributed by atoms with Crippen molar-refractivity contribution in [2.75, 3.05) is 19.6 Å². The summed E-state index contributed by atoms with van der Waals surface area (Å²) in [4.78, 5) is 39.5. The fourth-order valence-corrected chi connectivity index (χ4v) is 3.62. The van der Waals surface area contributed by atoms with Gasteiger partial charge in [-0.15, -0.1) is 0 Å². The van der Waals surface area contributed by atoms with Gasteiger partial charge in [0.25, 0.3) is 0 Å². The van der Waals surface area contributed by atoms with Gasteiger partial charge in [0, 0.05) is 32.0 Å². The summed E-state index contributed by atoms with van der Waals surface area (Å²) in [7, 11) is 0. The second-order valence-corrected chi connectivity index (χ2v) is 8.91. The van der Waals surface area contributed by atoms with E-state index in [0.717, 1.165) is 18.4 Å². The van der Waals surface area contributed by atoms with Gasteiger partial charge in [-0.05, 0) is 52.1 Å². The number of likely N-dealkylation sites (tertiary alicyclic amines) is 1. The van der Waals surface area contributed by atoms with E-state index in [4.69, 9.17) is 10.5 Å². The molecule has 0 spiro atoms. The van der Waals surface area contributed by atoms with Crippen LogP contribution in [-0.4, -0.2) is 60.1 Å². The number of carbonyl (C=O) groups excluding carboxylic acids is 3. The lowest BCUT2D eigenvalue weighted by atomic mass is 10.0. The maximum absolute atomic E-state index is 13.4. The molecule has 0 aliphatic carbocycles. The zero-order chi connectivity index (χ0) is 22.9. The second-order valence-electron chi connectivity index (χ2n) is 8.91. The molecule has 2 rings (SSSR count). The molecular weight excluding hydrogens is 396 g/mol. The Bertz CT molecular complexity index is 733. The monoisotopic (exact) mass is 432 g/mol. The number of rotatable bonds is 9. The van der Waals surface area contributed by atoms with Crippen LogP contribution >= 0.6 is 0 Å². The van der Waals surface area contributed by atoms with Gasteiger partial charge in [0.15, 0.2) is 0 Å². The van der Waals surface area contributed by atoms with Crippen LogP contribution in [-0.2, 0) is 20.7 Å². The molecule has 1 fully saturated rings. The number of ether oxygens (including phenoxy) is 1. The molecule has 0 aromatic heterocycles. The lowest BCUT2D eigenvalue weighted by Gasteiger charge is -2.30. The largest absolute Gasteiger partial charge is 0.444 e. The van der Waals surface area contributed by atoms with Crippen LogP contribution in [0.1, 0.15) is 52.0 Å². The lowest BCUT2D eigenvalue weighted by molar-refractivity contribution is -0.134. The summed E-state index contributed by atoms with van der Waals surface area (Å²) in [6.45, 7) is 6.82. The molecule has 1 aliphatic heterocycles. The van der Waals surface area contributed by atoms with Crippen LogP contribution in [0.25, 0.3) is 0 Å². The van der Waals surface area contributed by atoms with E-state index in [0.29, 0.717) is 38.9 Å². The Hall–Kier alpha value is -2.61. The fraction of sp³-hybridized carbons (Fsp3) is 0.609. The van der Waals surface area contributed by atoms with Gasteiger partial charge in [-0.25, -0.2) is 4.79 Å². The summed E-state index contributed by atoms with van der Waals surface area (Å²) in [6, 6.07) is 8.73. The molecule has 0 bridgehead atoms. The zero-order valence-electron chi connectivity index (χ0n) is 18.9. The Labute approximate surface area is 184 Å². The van der Waals surface area contributed by atoms with Crippen molar-refractivity contribution in [3.8, 4) is 0 Å². The third kappa shape index (κ3) is 8.57. The van der Waals surface area contributed by atoms with Crippen molar-refractivity contribution in [1.29, 1.82) is 0 Å². The minimum absolute atomic E-state index is 0.0579. The average molecular weight is 433 g/mol. The number of hydrogen-bond acceptors (Lipinski definition) is 5. The molecule has 2 atom stereocenters. The predicted octanol–water partition coefficient (Wildman–Crippen LogP) is 1.97. The van der Waals surface area contributed by atoms with Gasteiger partial charge < -0.3 is 26.0 Å². The number of carbonyl (C=O) groups is 3. The fourth-order valence-electron chi connectivity index (χ4n) is 3.62. The molecule has 1 aliphatic rings. The Morgan fingerprint density at radius 3 is 2.58 bits per heavy atom. The SMILES string of the molecule is CC(C)(C)OC(=O)NC(Cc1ccccc1)C(=O)N1CCCC1CNC(=O)CCCN. The van der Waals surface area contributed by atoms with Gasteiger partial charge >= 0.3 is 6.09 Å². The highest BCUT2D eigenvalue weighted by Gasteiger charge is 2.34. The zero-order valence-corrected chi connectivity index (χ0v) is 18.9. The smallest absolute Gasteiger partial charge is 0.408 e. The van der Waals surface area contributed by atoms with Crippen molar-refractivity contribution < 1.29 is 19.1 Å². The lowest BCUT2D eigenvalue weighted by Crippen LogP contribution is -2.53. The van der Waals surface area contributed by atoms with E-state index < -0.39 is 17.7 Å². The first-order valence-corrected chi connectivity index (χ1v) is 11.0. The molecule has 1 heterocycles. The molecule has 172 valence electrons. The molecule has 0 saturated carbocycles. The molecule has 1 aromatic rings. The first-order valence-electron chi connectivity index (χ1n) is 11.0. The van der Waals surface area contributed by atoms with Crippen molar-refractivity contribution in [3.05, 3.63) is 35.9 Å². The Morgan fingerprint density at radius 1 is 1.23 bits per heavy atom. The van der Waals surface area contributed by atoms with E-state index in [-0.39, 0.29) is 17.9 Å². The van der Waals surface area contributed by atoms with Gasteiger partial charge in [0.1, 0.15) is 11.6 Å². The summed E-state index contributed by atoms with van der Waals surface area (Å²) >= 11 is 0. The highest BCUT2D eigenvalue weighted by atomic mass is 16.6. The maximum Gasteiger partial charge on any atom is 0.408 e. The number of hydrogen-bond donors (Lipinski definition) is 3. The van der Waals surface area contributed by atoms with Crippen molar-refractivity contribution in [2.45, 2.75) is 70.6 Å². The standard InChI is InChI=1S/C23H36N4O4/c1-23(2,3)31-22(30)26-19(15-17-9-5-4-6-10-17)21(29)27-14-8-11-18(27)16-25-20(28)12-7-13-24/h4-6,9-10,18-19H,7-8,11-16,24H2,1-3H3,(H,25,28)(H,26,30). The first kappa shape index (κ1) is 24.7. The molecule has 3 amide bonds. The van der Waals surface area contributed by atoms with Crippen molar-refractivity contribution in [3.63, 3.8) is 0 Å². The Kier molecular flexibility index (Phi) is 9.30.